The quantitative estimate of drug-likeness (QED) is 0.492. The van der Waals surface area contributed by atoms with Crippen molar-refractivity contribution in [3.8, 4) is 11.3 Å². The van der Waals surface area contributed by atoms with E-state index in [1.54, 1.807) is 24.7 Å². The average Bonchev–Trinajstić information content (AvgIpc) is 3.09. The molecule has 0 spiro atoms. The molecule has 0 unspecified atom stereocenters. The van der Waals surface area contributed by atoms with Crippen LogP contribution in [0.2, 0.25) is 5.02 Å². The summed E-state index contributed by atoms with van der Waals surface area (Å²) >= 11 is 5.82. The van der Waals surface area contributed by atoms with E-state index < -0.39 is 30.0 Å². The minimum Gasteiger partial charge on any atom is -0.331 e. The minimum absolute atomic E-state index is 0.177. The first-order chi connectivity index (χ1) is 14.7. The zero-order chi connectivity index (χ0) is 22.4. The molecular formula is C21H17ClN4O. The normalized spacial score (nSPS) is 13.1. The highest BCUT2D eigenvalue weighted by molar-refractivity contribution is 6.30. The number of ketones is 1. The maximum atomic E-state index is 12.8. The van der Waals surface area contributed by atoms with Crippen molar-refractivity contribution in [3.63, 3.8) is 0 Å². The van der Waals surface area contributed by atoms with Gasteiger partial charge < -0.3 is 4.57 Å². The molecule has 5 nitrogen and oxygen atoms in total. The molecule has 0 radical (unpaired) electrons. The number of aromatic nitrogens is 4. The summed E-state index contributed by atoms with van der Waals surface area (Å²) in [4.78, 5) is 25.8. The van der Waals surface area contributed by atoms with Crippen LogP contribution < -0.4 is 0 Å². The van der Waals surface area contributed by atoms with Crippen molar-refractivity contribution in [1.82, 2.24) is 19.5 Å². The van der Waals surface area contributed by atoms with Crippen molar-refractivity contribution in [2.45, 2.75) is 13.3 Å². The van der Waals surface area contributed by atoms with E-state index in [-0.39, 0.29) is 17.0 Å². The summed E-state index contributed by atoms with van der Waals surface area (Å²) in [6.07, 6.45) is 4.90. The second-order valence-corrected chi connectivity index (χ2v) is 6.51. The van der Waals surface area contributed by atoms with Crippen molar-refractivity contribution >= 4 is 28.3 Å². The molecule has 0 aliphatic rings. The van der Waals surface area contributed by atoms with Crippen molar-refractivity contribution in [2.75, 3.05) is 0 Å². The molecule has 4 rings (SSSR count). The van der Waals surface area contributed by atoms with E-state index >= 15 is 0 Å². The molecule has 1 aromatic carbocycles. The Balaban J connectivity index is 1.71. The fourth-order valence-electron chi connectivity index (χ4n) is 2.77. The Morgan fingerprint density at radius 1 is 1.11 bits per heavy atom. The number of hydrogen-bond donors (Lipinski definition) is 0. The van der Waals surface area contributed by atoms with Gasteiger partial charge in [-0.1, -0.05) is 11.6 Å². The number of pyridine rings is 2. The number of aryl methyl sites for hydroxylation is 1. The third-order valence-electron chi connectivity index (χ3n) is 4.36. The number of carbonyl (C=O) groups is 1. The highest BCUT2D eigenvalue weighted by atomic mass is 35.5. The van der Waals surface area contributed by atoms with E-state index in [0.29, 0.717) is 11.2 Å². The number of imidazole rings is 1. The summed E-state index contributed by atoms with van der Waals surface area (Å²) in [5, 5.41) is 0.476. The van der Waals surface area contributed by atoms with Crippen LogP contribution in [-0.4, -0.2) is 25.3 Å². The van der Waals surface area contributed by atoms with Crippen LogP contribution in [0.25, 0.3) is 22.2 Å². The third kappa shape index (κ3) is 3.46. The van der Waals surface area contributed by atoms with Crippen LogP contribution in [0.15, 0.2) is 54.9 Å². The van der Waals surface area contributed by atoms with Gasteiger partial charge in [0.2, 0.25) is 0 Å². The molecule has 0 atom stereocenters. The van der Waals surface area contributed by atoms with Gasteiger partial charge in [0.05, 0.1) is 35.5 Å². The molecule has 4 aromatic rings. The summed E-state index contributed by atoms with van der Waals surface area (Å²) in [7, 11) is 1.92. The highest BCUT2D eigenvalue weighted by Crippen LogP contribution is 2.23. The van der Waals surface area contributed by atoms with Gasteiger partial charge in [0.25, 0.3) is 0 Å². The standard InChI is InChI=1S/C21H17ClN4O/c1-13-23-12-20(26(13)2)16-7-15-8-18(24-11-19(15)25-10-16)9-21(27)14-3-5-17(22)6-4-14/h3-8,10-12H,9H2,1-2H3/i3D,4D,5D,6D. The van der Waals surface area contributed by atoms with Gasteiger partial charge in [-0.3, -0.25) is 14.8 Å². The monoisotopic (exact) mass is 380 g/mol. The maximum absolute atomic E-state index is 12.8. The fourth-order valence-corrected chi connectivity index (χ4v) is 2.87. The van der Waals surface area contributed by atoms with Crippen LogP contribution in [0, 0.1) is 6.92 Å². The molecule has 6 heteroatoms. The number of hydrogen-bond acceptors (Lipinski definition) is 4. The van der Waals surface area contributed by atoms with Gasteiger partial charge in [-0.2, -0.15) is 0 Å². The van der Waals surface area contributed by atoms with Crippen molar-refractivity contribution in [1.29, 1.82) is 0 Å². The number of benzene rings is 1. The molecule has 134 valence electrons. The summed E-state index contributed by atoms with van der Waals surface area (Å²) in [5.41, 5.74) is 2.58. The van der Waals surface area contributed by atoms with E-state index in [9.17, 15) is 4.79 Å². The van der Waals surface area contributed by atoms with Crippen molar-refractivity contribution in [3.05, 3.63) is 77.0 Å². The molecule has 0 saturated carbocycles. The van der Waals surface area contributed by atoms with Gasteiger partial charge in [-0.25, -0.2) is 4.98 Å². The zero-order valence-electron chi connectivity index (χ0n) is 18.7. The van der Waals surface area contributed by atoms with Crippen molar-refractivity contribution in [2.24, 2.45) is 7.05 Å². The van der Waals surface area contributed by atoms with Gasteiger partial charge in [0.15, 0.2) is 5.78 Å². The summed E-state index contributed by atoms with van der Waals surface area (Å²) in [5.74, 6) is 0.311. The van der Waals surface area contributed by atoms with E-state index in [4.69, 9.17) is 17.1 Å². The summed E-state index contributed by atoms with van der Waals surface area (Å²) in [6, 6.07) is 1.90. The first-order valence-electron chi connectivity index (χ1n) is 10.2. The molecule has 0 amide bonds. The van der Waals surface area contributed by atoms with Crippen LogP contribution in [-0.2, 0) is 13.5 Å². The maximum Gasteiger partial charge on any atom is 0.168 e. The van der Waals surface area contributed by atoms with Gasteiger partial charge in [-0.05, 0) is 43.2 Å². The smallest absolute Gasteiger partial charge is 0.168 e. The van der Waals surface area contributed by atoms with Crippen molar-refractivity contribution < 1.29 is 10.3 Å². The van der Waals surface area contributed by atoms with Gasteiger partial charge in [0, 0.05) is 40.5 Å². The van der Waals surface area contributed by atoms with Crippen LogP contribution >= 0.6 is 11.6 Å². The second-order valence-electron chi connectivity index (χ2n) is 6.13. The number of fused-ring (bicyclic) bond motifs is 1. The lowest BCUT2D eigenvalue weighted by molar-refractivity contribution is 0.0992. The molecule has 0 bridgehead atoms. The Morgan fingerprint density at radius 3 is 2.59 bits per heavy atom. The van der Waals surface area contributed by atoms with E-state index in [1.165, 1.54) is 0 Å². The number of halogens is 1. The second kappa shape index (κ2) is 6.93. The molecule has 0 aliphatic carbocycles. The van der Waals surface area contributed by atoms with Gasteiger partial charge in [0.1, 0.15) is 5.82 Å². The Hall–Kier alpha value is -3.05. The first kappa shape index (κ1) is 13.2. The molecule has 0 aliphatic heterocycles. The molecule has 0 N–H and O–H groups in total. The predicted molar refractivity (Wildman–Crippen MR) is 106 cm³/mol. The van der Waals surface area contributed by atoms with Gasteiger partial charge >= 0.3 is 0 Å². The molecule has 3 heterocycles. The van der Waals surface area contributed by atoms with E-state index in [1.807, 2.05) is 24.6 Å². The molecular weight excluding hydrogens is 360 g/mol. The average molecular weight is 381 g/mol. The lowest BCUT2D eigenvalue weighted by atomic mass is 10.0. The Morgan fingerprint density at radius 2 is 1.89 bits per heavy atom. The molecule has 0 fully saturated rings. The minimum atomic E-state index is -0.563. The van der Waals surface area contributed by atoms with Crippen LogP contribution in [0.1, 0.15) is 27.4 Å². The lowest BCUT2D eigenvalue weighted by Crippen LogP contribution is -2.05. The largest absolute Gasteiger partial charge is 0.331 e. The number of Topliss-reactive ketones (excluding diaryl/α,β-unsaturated/α-hetero) is 1. The van der Waals surface area contributed by atoms with Gasteiger partial charge in [-0.15, -0.1) is 0 Å². The Labute approximate surface area is 167 Å². The topological polar surface area (TPSA) is 60.7 Å². The number of carbonyl (C=O) groups excluding carboxylic acids is 1. The third-order valence-corrected chi connectivity index (χ3v) is 4.54. The zero-order valence-corrected chi connectivity index (χ0v) is 15.4. The van der Waals surface area contributed by atoms with E-state index in [2.05, 4.69) is 15.0 Å². The predicted octanol–water partition coefficient (Wildman–Crippen LogP) is 4.42. The fraction of sp³-hybridized carbons (Fsp3) is 0.143. The molecule has 0 saturated heterocycles. The Bertz CT molecular complexity index is 1340. The molecule has 27 heavy (non-hydrogen) atoms. The summed E-state index contributed by atoms with van der Waals surface area (Å²) in [6.45, 7) is 1.91. The SMILES string of the molecule is [2H]c1c([2H])c(C(=O)Cc2cc3cc(-c4cnc(C)n4C)cnc3cn2)c([2H])c([2H])c1Cl. The lowest BCUT2D eigenvalue weighted by Gasteiger charge is -2.07. The Kier molecular flexibility index (Phi) is 3.38. The number of rotatable bonds is 4. The van der Waals surface area contributed by atoms with Crippen LogP contribution in [0.4, 0.5) is 0 Å². The van der Waals surface area contributed by atoms with Crippen LogP contribution in [0.3, 0.4) is 0 Å². The summed E-state index contributed by atoms with van der Waals surface area (Å²) < 4.78 is 33.6. The van der Waals surface area contributed by atoms with Crippen LogP contribution in [0.5, 0.6) is 0 Å². The highest BCUT2D eigenvalue weighted by Gasteiger charge is 2.11. The first-order valence-corrected chi connectivity index (χ1v) is 8.59. The molecule has 3 aromatic heterocycles. The number of nitrogens with zero attached hydrogens (tertiary/aromatic N) is 4. The van der Waals surface area contributed by atoms with E-state index in [0.717, 1.165) is 22.5 Å².